The molecule has 0 amide bonds. The monoisotopic (exact) mass is 811 g/mol. The number of fused-ring (bicyclic) bond motifs is 1. The topological polar surface area (TPSA) is 122 Å². The maximum atomic E-state index is 13.9. The minimum absolute atomic E-state index is 0.141. The minimum Gasteiger partial charge on any atom is -0.494 e. The predicted octanol–water partition coefficient (Wildman–Crippen LogP) is 11.5. The largest absolute Gasteiger partial charge is 0.494 e. The fourth-order valence-electron chi connectivity index (χ4n) is 7.84. The maximum absolute atomic E-state index is 13.9. The van der Waals surface area contributed by atoms with Crippen molar-refractivity contribution < 1.29 is 28.5 Å². The van der Waals surface area contributed by atoms with Gasteiger partial charge in [0.05, 0.1) is 34.9 Å². The van der Waals surface area contributed by atoms with Crippen molar-refractivity contribution in [3.05, 3.63) is 95.0 Å². The fourth-order valence-corrected chi connectivity index (χ4v) is 9.10. The van der Waals surface area contributed by atoms with Crippen LogP contribution in [0, 0.1) is 18.8 Å². The lowest BCUT2D eigenvalue weighted by Crippen LogP contribution is -2.48. The van der Waals surface area contributed by atoms with Crippen LogP contribution in [0.3, 0.4) is 0 Å². The van der Waals surface area contributed by atoms with E-state index < -0.39 is 11.5 Å². The van der Waals surface area contributed by atoms with E-state index in [9.17, 15) is 9.59 Å². The van der Waals surface area contributed by atoms with Crippen LogP contribution in [0.5, 0.6) is 17.2 Å². The first kappa shape index (κ1) is 45.0. The zero-order valence-electron chi connectivity index (χ0n) is 35.0. The molecule has 1 atom stereocenters. The molecule has 1 aliphatic rings. The third kappa shape index (κ3) is 12.7. The second kappa shape index (κ2) is 23.5. The van der Waals surface area contributed by atoms with Gasteiger partial charge in [-0.05, 0) is 124 Å². The molecule has 58 heavy (non-hydrogen) atoms. The van der Waals surface area contributed by atoms with E-state index in [1.54, 1.807) is 53.8 Å². The summed E-state index contributed by atoms with van der Waals surface area (Å²) < 4.78 is 24.8. The van der Waals surface area contributed by atoms with E-state index >= 15 is 0 Å². The molecule has 0 spiro atoms. The molecule has 3 aromatic carbocycles. The fraction of sp³-hybridized carbons (Fsp3) is 0.521. The van der Waals surface area contributed by atoms with Gasteiger partial charge in [-0.2, -0.15) is 0 Å². The van der Waals surface area contributed by atoms with Crippen molar-refractivity contribution in [2.24, 2.45) is 17.7 Å². The number of aryl methyl sites for hydroxylation is 1. The van der Waals surface area contributed by atoms with Gasteiger partial charge >= 0.3 is 11.9 Å². The Morgan fingerprint density at radius 2 is 1.59 bits per heavy atom. The predicted molar refractivity (Wildman–Crippen MR) is 235 cm³/mol. The van der Waals surface area contributed by atoms with E-state index in [0.717, 1.165) is 104 Å². The number of rotatable bonds is 25. The number of carbonyl (C=O) groups is 2. The second-order valence-corrected chi connectivity index (χ2v) is 16.9. The molecule has 0 aliphatic heterocycles. The van der Waals surface area contributed by atoms with Crippen LogP contribution in [-0.4, -0.2) is 36.7 Å². The Balaban J connectivity index is 1.39. The van der Waals surface area contributed by atoms with E-state index in [2.05, 4.69) is 44.9 Å². The molecular formula is C48H65N3O6S. The molecule has 1 aromatic heterocycles. The number of unbranched alkanes of at least 4 members (excludes halogenated alkanes) is 7. The number of esters is 2. The number of hydrazine groups is 1. The van der Waals surface area contributed by atoms with Gasteiger partial charge in [-0.25, -0.2) is 15.2 Å². The summed E-state index contributed by atoms with van der Waals surface area (Å²) in [4.78, 5) is 32.6. The van der Waals surface area contributed by atoms with Crippen molar-refractivity contribution in [2.45, 2.75) is 129 Å². The van der Waals surface area contributed by atoms with Gasteiger partial charge in [-0.3, -0.25) is 10.6 Å². The van der Waals surface area contributed by atoms with E-state index in [-0.39, 0.29) is 11.9 Å². The van der Waals surface area contributed by atoms with Crippen LogP contribution in [0.1, 0.15) is 143 Å². The standard InChI is InChI=1S/C48H65N3O6S/c1-5-8-10-13-29-48(51-49,47-50-42-27-17-35(4)33-44(42)58-47)41-34-40(56-45(52)37-20-18-36(19-21-37)16-9-6-2)26-28-43(41)57-46(53)38-22-24-39(25-23-38)55-32-15-12-11-14-31-54-30-7-3/h7,17,22-28,33-34,36-37,51H,3,5-6,8-16,18-21,29-32,49H2,1-2,4H3. The normalized spacial score (nSPS) is 16.5. The van der Waals surface area contributed by atoms with Crippen molar-refractivity contribution in [1.82, 2.24) is 10.4 Å². The zero-order chi connectivity index (χ0) is 41.2. The van der Waals surface area contributed by atoms with Crippen molar-refractivity contribution in [3.8, 4) is 17.2 Å². The lowest BCUT2D eigenvalue weighted by atomic mass is 9.80. The highest BCUT2D eigenvalue weighted by molar-refractivity contribution is 7.18. The number of benzene rings is 3. The Labute approximate surface area is 350 Å². The summed E-state index contributed by atoms with van der Waals surface area (Å²) >= 11 is 1.57. The number of nitrogens with zero attached hydrogens (tertiary/aromatic N) is 1. The number of carbonyl (C=O) groups excluding carboxylic acids is 2. The SMILES string of the molecule is C=CCOCCCCCCOc1ccc(C(=O)Oc2ccc(OC(=O)C3CCC(CCCC)CC3)cc2C(CCCCCC)(NN)c2nc3ccc(C)cc3s2)cc1. The maximum Gasteiger partial charge on any atom is 0.343 e. The zero-order valence-corrected chi connectivity index (χ0v) is 35.8. The van der Waals surface area contributed by atoms with Gasteiger partial charge in [0.15, 0.2) is 0 Å². The van der Waals surface area contributed by atoms with Gasteiger partial charge in [-0.15, -0.1) is 17.9 Å². The van der Waals surface area contributed by atoms with Gasteiger partial charge in [0, 0.05) is 12.2 Å². The molecule has 5 rings (SSSR count). The average Bonchev–Trinajstić information content (AvgIpc) is 3.67. The van der Waals surface area contributed by atoms with Crippen molar-refractivity contribution in [1.29, 1.82) is 0 Å². The number of nitrogens with two attached hydrogens (primary N) is 1. The molecule has 1 saturated carbocycles. The summed E-state index contributed by atoms with van der Waals surface area (Å²) in [6, 6.07) is 18.5. The number of thiazole rings is 1. The van der Waals surface area contributed by atoms with Gasteiger partial charge < -0.3 is 18.9 Å². The van der Waals surface area contributed by atoms with Crippen LogP contribution in [0.4, 0.5) is 0 Å². The third-order valence-electron chi connectivity index (χ3n) is 11.3. The molecule has 9 nitrogen and oxygen atoms in total. The summed E-state index contributed by atoms with van der Waals surface area (Å²) in [5.74, 6) is 7.82. The Hall–Kier alpha value is -4.09. The Morgan fingerprint density at radius 3 is 2.31 bits per heavy atom. The summed E-state index contributed by atoms with van der Waals surface area (Å²) in [5.41, 5.74) is 5.09. The third-order valence-corrected chi connectivity index (χ3v) is 12.5. The quantitative estimate of drug-likeness (QED) is 0.0168. The van der Waals surface area contributed by atoms with E-state index in [1.807, 2.05) is 12.1 Å². The minimum atomic E-state index is -1.04. The Kier molecular flexibility index (Phi) is 18.2. The number of ether oxygens (including phenoxy) is 4. The van der Waals surface area contributed by atoms with Gasteiger partial charge in [0.2, 0.25) is 0 Å². The number of hydrogen-bond acceptors (Lipinski definition) is 10. The van der Waals surface area contributed by atoms with Crippen LogP contribution in [0.15, 0.2) is 73.3 Å². The highest BCUT2D eigenvalue weighted by Gasteiger charge is 2.40. The number of aromatic nitrogens is 1. The molecule has 1 heterocycles. The summed E-state index contributed by atoms with van der Waals surface area (Å²) in [5, 5.41) is 0.751. The van der Waals surface area contributed by atoms with E-state index in [0.29, 0.717) is 53.9 Å². The number of hydrogen-bond donors (Lipinski definition) is 2. The van der Waals surface area contributed by atoms with E-state index in [4.69, 9.17) is 29.8 Å². The molecule has 10 heteroatoms. The van der Waals surface area contributed by atoms with Crippen molar-refractivity contribution in [3.63, 3.8) is 0 Å². The smallest absolute Gasteiger partial charge is 0.343 e. The van der Waals surface area contributed by atoms with Gasteiger partial charge in [-0.1, -0.05) is 77.4 Å². The lowest BCUT2D eigenvalue weighted by Gasteiger charge is -2.33. The molecule has 1 fully saturated rings. The highest BCUT2D eigenvalue weighted by Crippen LogP contribution is 2.44. The summed E-state index contributed by atoms with van der Waals surface area (Å²) in [6.45, 7) is 12.1. The lowest BCUT2D eigenvalue weighted by molar-refractivity contribution is -0.140. The van der Waals surface area contributed by atoms with Crippen molar-refractivity contribution in [2.75, 3.05) is 19.8 Å². The van der Waals surface area contributed by atoms with Gasteiger partial charge in [0.25, 0.3) is 0 Å². The first-order chi connectivity index (χ1) is 28.3. The molecule has 0 saturated heterocycles. The second-order valence-electron chi connectivity index (χ2n) is 15.8. The molecule has 0 bridgehead atoms. The summed E-state index contributed by atoms with van der Waals surface area (Å²) in [6.07, 6.45) is 17.9. The van der Waals surface area contributed by atoms with E-state index in [1.165, 1.54) is 19.3 Å². The Morgan fingerprint density at radius 1 is 0.862 bits per heavy atom. The van der Waals surface area contributed by atoms with Crippen molar-refractivity contribution >= 4 is 33.5 Å². The first-order valence-electron chi connectivity index (χ1n) is 21.7. The summed E-state index contributed by atoms with van der Waals surface area (Å²) in [7, 11) is 0. The van der Waals surface area contributed by atoms with Crippen LogP contribution < -0.4 is 25.5 Å². The van der Waals surface area contributed by atoms with Crippen LogP contribution in [0.2, 0.25) is 0 Å². The molecule has 1 unspecified atom stereocenters. The molecule has 0 radical (unpaired) electrons. The highest BCUT2D eigenvalue weighted by atomic mass is 32.1. The first-order valence-corrected chi connectivity index (χ1v) is 22.5. The molecule has 314 valence electrons. The average molecular weight is 812 g/mol. The van der Waals surface area contributed by atoms with Crippen LogP contribution >= 0.6 is 11.3 Å². The Bertz CT molecular complexity index is 1890. The molecule has 3 N–H and O–H groups in total. The molecular weight excluding hydrogens is 747 g/mol. The van der Waals surface area contributed by atoms with Crippen LogP contribution in [0.25, 0.3) is 10.2 Å². The van der Waals surface area contributed by atoms with Crippen LogP contribution in [-0.2, 0) is 15.1 Å². The molecule has 4 aromatic rings. The number of nitrogens with one attached hydrogen (secondary N) is 1. The molecule has 1 aliphatic carbocycles. The van der Waals surface area contributed by atoms with Gasteiger partial charge in [0.1, 0.15) is 27.8 Å².